The zero-order valence-electron chi connectivity index (χ0n) is 12.2. The minimum absolute atomic E-state index is 0.0731. The fraction of sp³-hybridized carbons (Fsp3) is 0.500. The number of primary amides is 1. The Hall–Kier alpha value is -2.35. The van der Waals surface area contributed by atoms with E-state index < -0.39 is 0 Å². The number of carbonyl (C=O) groups is 1. The topological polar surface area (TPSA) is 102 Å². The van der Waals surface area contributed by atoms with Gasteiger partial charge in [-0.2, -0.15) is 0 Å². The number of nitro benzene ring substituents is 1. The van der Waals surface area contributed by atoms with Crippen molar-refractivity contribution in [1.82, 2.24) is 4.90 Å². The molecule has 8 heteroatoms. The normalized spacial score (nSPS) is 17.9. The number of carbonyl (C=O) groups excluding carboxylic acids is 1. The van der Waals surface area contributed by atoms with Gasteiger partial charge in [0.25, 0.3) is 5.69 Å². The molecule has 0 spiro atoms. The van der Waals surface area contributed by atoms with Crippen LogP contribution in [0.2, 0.25) is 0 Å². The number of fused-ring (bicyclic) bond motifs is 1. The number of nitrogens with two attached hydrogens (primary N) is 1. The summed E-state index contributed by atoms with van der Waals surface area (Å²) in [6, 6.07) is 3.39. The molecular weight excluding hydrogens is 288 g/mol. The molecule has 1 aromatic rings. The molecule has 0 bridgehead atoms. The molecule has 2 heterocycles. The van der Waals surface area contributed by atoms with E-state index in [4.69, 9.17) is 10.5 Å². The van der Waals surface area contributed by atoms with Crippen molar-refractivity contribution in [1.29, 1.82) is 0 Å². The lowest BCUT2D eigenvalue weighted by Gasteiger charge is -2.35. The molecule has 1 saturated heterocycles. The molecule has 1 aromatic carbocycles. The van der Waals surface area contributed by atoms with Crippen molar-refractivity contribution in [3.63, 3.8) is 0 Å². The molecule has 0 unspecified atom stereocenters. The van der Waals surface area contributed by atoms with Crippen LogP contribution in [0.5, 0.6) is 5.75 Å². The summed E-state index contributed by atoms with van der Waals surface area (Å²) in [7, 11) is 0. The molecule has 0 saturated carbocycles. The average Bonchev–Trinajstić information content (AvgIpc) is 2.93. The van der Waals surface area contributed by atoms with Crippen molar-refractivity contribution >= 4 is 17.3 Å². The number of piperazine rings is 1. The molecular formula is C14H18N4O4. The molecule has 2 aliphatic rings. The largest absolute Gasteiger partial charge is 0.493 e. The number of ether oxygens (including phenoxy) is 1. The minimum atomic E-state index is -0.368. The first-order valence-electron chi connectivity index (χ1n) is 7.24. The number of nitrogens with zero attached hydrogens (tertiary/aromatic N) is 3. The van der Waals surface area contributed by atoms with Crippen LogP contribution in [-0.4, -0.2) is 55.1 Å². The van der Waals surface area contributed by atoms with E-state index in [2.05, 4.69) is 0 Å². The molecule has 2 N–H and O–H groups in total. The van der Waals surface area contributed by atoms with Gasteiger partial charge in [0, 0.05) is 38.2 Å². The van der Waals surface area contributed by atoms with E-state index in [1.54, 1.807) is 0 Å². The van der Waals surface area contributed by atoms with Crippen LogP contribution in [0.3, 0.4) is 0 Å². The quantitative estimate of drug-likeness (QED) is 0.627. The molecule has 3 rings (SSSR count). The second-order valence-electron chi connectivity index (χ2n) is 5.53. The predicted octanol–water partition coefficient (Wildman–Crippen LogP) is 0.137. The summed E-state index contributed by atoms with van der Waals surface area (Å²) in [5.74, 6) is 0.261. The lowest BCUT2D eigenvalue weighted by atomic mass is 10.1. The van der Waals surface area contributed by atoms with E-state index in [1.807, 2.05) is 15.9 Å². The molecule has 2 aliphatic heterocycles. The molecule has 0 atom stereocenters. The summed E-state index contributed by atoms with van der Waals surface area (Å²) in [6.07, 6.45) is 0.780. The highest BCUT2D eigenvalue weighted by Gasteiger charge is 2.27. The maximum Gasteiger partial charge on any atom is 0.296 e. The smallest absolute Gasteiger partial charge is 0.296 e. The van der Waals surface area contributed by atoms with Crippen LogP contribution in [0, 0.1) is 10.1 Å². The van der Waals surface area contributed by atoms with Crippen molar-refractivity contribution in [3.05, 3.63) is 27.8 Å². The summed E-state index contributed by atoms with van der Waals surface area (Å²) < 4.78 is 5.41. The van der Waals surface area contributed by atoms with Gasteiger partial charge in [0.1, 0.15) is 11.4 Å². The van der Waals surface area contributed by atoms with Crippen LogP contribution in [0.25, 0.3) is 0 Å². The van der Waals surface area contributed by atoms with E-state index in [0.29, 0.717) is 44.2 Å². The van der Waals surface area contributed by atoms with Gasteiger partial charge in [0.2, 0.25) is 5.91 Å². The van der Waals surface area contributed by atoms with Crippen LogP contribution in [-0.2, 0) is 11.2 Å². The van der Waals surface area contributed by atoms with Crippen molar-refractivity contribution in [2.45, 2.75) is 6.42 Å². The number of anilines is 1. The fourth-order valence-electron chi connectivity index (χ4n) is 2.97. The van der Waals surface area contributed by atoms with Gasteiger partial charge in [0.05, 0.1) is 24.1 Å². The number of benzene rings is 1. The van der Waals surface area contributed by atoms with Gasteiger partial charge in [-0.05, 0) is 6.07 Å². The number of hydrogen-bond acceptors (Lipinski definition) is 6. The lowest BCUT2D eigenvalue weighted by Crippen LogP contribution is -2.49. The van der Waals surface area contributed by atoms with Gasteiger partial charge < -0.3 is 15.4 Å². The SMILES string of the molecule is NC(=O)CN1CCN(c2cc3c(cc2[N+](=O)[O-])OCC3)CC1. The highest BCUT2D eigenvalue weighted by atomic mass is 16.6. The third-order valence-corrected chi connectivity index (χ3v) is 4.08. The lowest BCUT2D eigenvalue weighted by molar-refractivity contribution is -0.384. The monoisotopic (exact) mass is 306 g/mol. The second kappa shape index (κ2) is 5.80. The molecule has 0 aliphatic carbocycles. The third-order valence-electron chi connectivity index (χ3n) is 4.08. The van der Waals surface area contributed by atoms with E-state index >= 15 is 0 Å². The van der Waals surface area contributed by atoms with Crippen molar-refractivity contribution in [2.24, 2.45) is 5.73 Å². The van der Waals surface area contributed by atoms with Gasteiger partial charge in [-0.25, -0.2) is 0 Å². The number of hydrogen-bond donors (Lipinski definition) is 1. The van der Waals surface area contributed by atoms with E-state index in [-0.39, 0.29) is 23.1 Å². The minimum Gasteiger partial charge on any atom is -0.493 e. The van der Waals surface area contributed by atoms with Crippen LogP contribution in [0.1, 0.15) is 5.56 Å². The zero-order chi connectivity index (χ0) is 15.7. The molecule has 118 valence electrons. The van der Waals surface area contributed by atoms with Crippen molar-refractivity contribution in [3.8, 4) is 5.75 Å². The van der Waals surface area contributed by atoms with Gasteiger partial charge in [-0.3, -0.25) is 19.8 Å². The van der Waals surface area contributed by atoms with Gasteiger partial charge >= 0.3 is 0 Å². The Morgan fingerprint density at radius 1 is 1.32 bits per heavy atom. The predicted molar refractivity (Wildman–Crippen MR) is 80.1 cm³/mol. The Bertz CT molecular complexity index is 611. The third kappa shape index (κ3) is 2.82. The summed E-state index contributed by atoms with van der Waals surface area (Å²) in [5, 5.41) is 11.3. The van der Waals surface area contributed by atoms with Gasteiger partial charge in [-0.15, -0.1) is 0 Å². The molecule has 8 nitrogen and oxygen atoms in total. The maximum atomic E-state index is 11.3. The number of rotatable bonds is 4. The van der Waals surface area contributed by atoms with Crippen LogP contribution < -0.4 is 15.4 Å². The van der Waals surface area contributed by atoms with Crippen LogP contribution in [0.15, 0.2) is 12.1 Å². The summed E-state index contributed by atoms with van der Waals surface area (Å²) in [6.45, 7) is 3.39. The zero-order valence-corrected chi connectivity index (χ0v) is 12.2. The Morgan fingerprint density at radius 3 is 2.68 bits per heavy atom. The highest BCUT2D eigenvalue weighted by molar-refractivity contribution is 5.76. The highest BCUT2D eigenvalue weighted by Crippen LogP contribution is 2.38. The fourth-order valence-corrected chi connectivity index (χ4v) is 2.97. The van der Waals surface area contributed by atoms with Crippen LogP contribution >= 0.6 is 0 Å². The number of amides is 1. The van der Waals surface area contributed by atoms with Crippen molar-refractivity contribution < 1.29 is 14.5 Å². The Labute approximate surface area is 127 Å². The summed E-state index contributed by atoms with van der Waals surface area (Å²) >= 11 is 0. The molecule has 1 fully saturated rings. The summed E-state index contributed by atoms with van der Waals surface area (Å²) in [4.78, 5) is 25.9. The Kier molecular flexibility index (Phi) is 3.84. The van der Waals surface area contributed by atoms with E-state index in [9.17, 15) is 14.9 Å². The second-order valence-corrected chi connectivity index (χ2v) is 5.53. The first kappa shape index (κ1) is 14.6. The molecule has 0 radical (unpaired) electrons. The first-order valence-corrected chi connectivity index (χ1v) is 7.24. The van der Waals surface area contributed by atoms with E-state index in [1.165, 1.54) is 6.07 Å². The van der Waals surface area contributed by atoms with Crippen molar-refractivity contribution in [2.75, 3.05) is 44.2 Å². The Balaban J connectivity index is 1.80. The van der Waals surface area contributed by atoms with Crippen LogP contribution in [0.4, 0.5) is 11.4 Å². The Morgan fingerprint density at radius 2 is 2.05 bits per heavy atom. The number of nitro groups is 1. The maximum absolute atomic E-state index is 11.3. The molecule has 0 aromatic heterocycles. The average molecular weight is 306 g/mol. The standard InChI is InChI=1S/C14H18N4O4/c15-14(19)9-16-2-4-17(5-3-16)11-7-10-1-6-22-13(10)8-12(11)18(20)21/h7-8H,1-6,9H2,(H2,15,19). The molecule has 22 heavy (non-hydrogen) atoms. The van der Waals surface area contributed by atoms with Gasteiger partial charge in [0.15, 0.2) is 0 Å². The van der Waals surface area contributed by atoms with E-state index in [0.717, 1.165) is 12.0 Å². The summed E-state index contributed by atoms with van der Waals surface area (Å²) in [5.41, 5.74) is 6.92. The first-order chi connectivity index (χ1) is 10.5. The van der Waals surface area contributed by atoms with Gasteiger partial charge in [-0.1, -0.05) is 0 Å². The molecule has 1 amide bonds.